The molecular weight excluding hydrogens is 143 g/mol. The van der Waals surface area contributed by atoms with Crippen LogP contribution in [0.15, 0.2) is 0 Å². The molecule has 4 heteroatoms. The van der Waals surface area contributed by atoms with Gasteiger partial charge in [0, 0.05) is 0 Å². The zero-order valence-corrected chi connectivity index (χ0v) is 6.71. The van der Waals surface area contributed by atoms with E-state index in [0.717, 1.165) is 6.92 Å². The highest BCUT2D eigenvalue weighted by Crippen LogP contribution is 2.18. The Bertz CT molecular complexity index is 69.9. The van der Waals surface area contributed by atoms with Crippen molar-refractivity contribution in [2.75, 3.05) is 7.05 Å². The van der Waals surface area contributed by atoms with Gasteiger partial charge in [0.1, 0.15) is 6.04 Å². The summed E-state index contributed by atoms with van der Waals surface area (Å²) in [5.41, 5.74) is 0. The average molecular weight is 157 g/mol. The molecule has 0 rings (SSSR count). The van der Waals surface area contributed by atoms with E-state index in [1.807, 2.05) is 13.8 Å². The molecule has 0 aliphatic heterocycles. The van der Waals surface area contributed by atoms with E-state index in [1.54, 1.807) is 0 Å². The molecule has 1 atom stereocenters. The monoisotopic (exact) mass is 157 g/mol. The first-order valence-electron chi connectivity index (χ1n) is 3.22. The maximum Gasteiger partial charge on any atom is 0.403 e. The van der Waals surface area contributed by atoms with Gasteiger partial charge in [-0.1, -0.05) is 13.8 Å². The van der Waals surface area contributed by atoms with Crippen LogP contribution in [0.3, 0.4) is 0 Å². The molecule has 0 aromatic carbocycles. The summed E-state index contributed by atoms with van der Waals surface area (Å²) >= 11 is 0. The van der Waals surface area contributed by atoms with Crippen LogP contribution in [0.2, 0.25) is 0 Å². The molecule has 0 aliphatic rings. The van der Waals surface area contributed by atoms with Gasteiger partial charge in [-0.25, -0.2) is 0 Å². The predicted octanol–water partition coefficient (Wildman–Crippen LogP) is 2.18. The highest BCUT2D eigenvalue weighted by Gasteiger charge is 2.34. The summed E-state index contributed by atoms with van der Waals surface area (Å²) in [4.78, 5) is 0. The van der Waals surface area contributed by atoms with E-state index >= 15 is 0 Å². The molecule has 0 fully saturated rings. The molecular formula is C6H14F3N. The van der Waals surface area contributed by atoms with Crippen molar-refractivity contribution >= 4 is 0 Å². The maximum absolute atomic E-state index is 11.4. The summed E-state index contributed by atoms with van der Waals surface area (Å²) in [6.45, 7) is 5.07. The third-order valence-corrected chi connectivity index (χ3v) is 0.924. The highest BCUT2D eigenvalue weighted by molar-refractivity contribution is 4.65. The van der Waals surface area contributed by atoms with Gasteiger partial charge >= 0.3 is 6.18 Å². The van der Waals surface area contributed by atoms with Crippen molar-refractivity contribution in [3.63, 3.8) is 0 Å². The minimum absolute atomic E-state index is 1.07. The molecule has 0 aliphatic carbocycles. The van der Waals surface area contributed by atoms with Crippen LogP contribution in [0.25, 0.3) is 0 Å². The van der Waals surface area contributed by atoms with Gasteiger partial charge in [0.15, 0.2) is 0 Å². The molecule has 0 unspecified atom stereocenters. The SMILES string of the molecule is CC.CN[C@@H](C)C(F)(F)F. The van der Waals surface area contributed by atoms with E-state index < -0.39 is 12.2 Å². The highest BCUT2D eigenvalue weighted by atomic mass is 19.4. The number of rotatable bonds is 1. The molecule has 1 nitrogen and oxygen atoms in total. The van der Waals surface area contributed by atoms with Gasteiger partial charge in [-0.2, -0.15) is 13.2 Å². The van der Waals surface area contributed by atoms with Crippen LogP contribution in [0, 0.1) is 0 Å². The van der Waals surface area contributed by atoms with Crippen LogP contribution in [0.5, 0.6) is 0 Å². The van der Waals surface area contributed by atoms with E-state index in [1.165, 1.54) is 7.05 Å². The summed E-state index contributed by atoms with van der Waals surface area (Å²) in [5, 5.41) is 2.08. The molecule has 0 heterocycles. The normalized spacial score (nSPS) is 13.5. The second-order valence-electron chi connectivity index (χ2n) is 1.55. The summed E-state index contributed by atoms with van der Waals surface area (Å²) < 4.78 is 34.2. The van der Waals surface area contributed by atoms with E-state index in [4.69, 9.17) is 0 Å². The minimum Gasteiger partial charge on any atom is -0.309 e. The third-order valence-electron chi connectivity index (χ3n) is 0.924. The van der Waals surface area contributed by atoms with Crippen molar-refractivity contribution in [2.45, 2.75) is 33.0 Å². The standard InChI is InChI=1S/C4H8F3N.C2H6/c1-3(8-2)4(5,6)7;1-2/h3,8H,1-2H3;1-2H3/t3-;/m0./s1. The van der Waals surface area contributed by atoms with Crippen molar-refractivity contribution in [1.29, 1.82) is 0 Å². The molecule has 0 aromatic rings. The van der Waals surface area contributed by atoms with E-state index in [9.17, 15) is 13.2 Å². The Kier molecular flexibility index (Phi) is 6.87. The lowest BCUT2D eigenvalue weighted by Gasteiger charge is -2.13. The Morgan fingerprint density at radius 1 is 1.20 bits per heavy atom. The van der Waals surface area contributed by atoms with Crippen LogP contribution in [-0.4, -0.2) is 19.3 Å². The molecule has 0 saturated heterocycles. The van der Waals surface area contributed by atoms with Crippen LogP contribution in [-0.2, 0) is 0 Å². The van der Waals surface area contributed by atoms with E-state index in [-0.39, 0.29) is 0 Å². The Hall–Kier alpha value is -0.250. The Morgan fingerprint density at radius 3 is 1.50 bits per heavy atom. The Morgan fingerprint density at radius 2 is 1.50 bits per heavy atom. The molecule has 0 amide bonds. The summed E-state index contributed by atoms with van der Waals surface area (Å²) in [6, 6.07) is -1.40. The third kappa shape index (κ3) is 5.88. The van der Waals surface area contributed by atoms with Gasteiger partial charge in [0.2, 0.25) is 0 Å². The van der Waals surface area contributed by atoms with Crippen molar-refractivity contribution in [3.8, 4) is 0 Å². The number of nitrogens with one attached hydrogen (secondary N) is 1. The lowest BCUT2D eigenvalue weighted by molar-refractivity contribution is -0.150. The molecule has 0 spiro atoms. The molecule has 0 aromatic heterocycles. The maximum atomic E-state index is 11.4. The number of halogens is 3. The second kappa shape index (κ2) is 5.53. The molecule has 0 radical (unpaired) electrons. The molecule has 0 bridgehead atoms. The zero-order chi connectivity index (χ0) is 8.78. The molecule has 1 N–H and O–H groups in total. The fraction of sp³-hybridized carbons (Fsp3) is 1.00. The zero-order valence-electron chi connectivity index (χ0n) is 6.71. The van der Waals surface area contributed by atoms with Crippen molar-refractivity contribution < 1.29 is 13.2 Å². The first-order chi connectivity index (χ1) is 4.48. The molecule has 10 heavy (non-hydrogen) atoms. The van der Waals surface area contributed by atoms with Crippen LogP contribution >= 0.6 is 0 Å². The number of hydrogen-bond donors (Lipinski definition) is 1. The molecule has 0 saturated carbocycles. The Balaban J connectivity index is 0. The topological polar surface area (TPSA) is 12.0 Å². The van der Waals surface area contributed by atoms with Gasteiger partial charge in [-0.3, -0.25) is 0 Å². The second-order valence-corrected chi connectivity index (χ2v) is 1.55. The van der Waals surface area contributed by atoms with Crippen LogP contribution in [0.4, 0.5) is 13.2 Å². The first-order valence-corrected chi connectivity index (χ1v) is 3.22. The Labute approximate surface area is 59.6 Å². The van der Waals surface area contributed by atoms with Gasteiger partial charge < -0.3 is 5.32 Å². The lowest BCUT2D eigenvalue weighted by atomic mass is 10.3. The smallest absolute Gasteiger partial charge is 0.309 e. The summed E-state index contributed by atoms with van der Waals surface area (Å²) in [7, 11) is 1.28. The fourth-order valence-electron chi connectivity index (χ4n) is 0.164. The number of alkyl halides is 3. The van der Waals surface area contributed by atoms with Gasteiger partial charge in [-0.15, -0.1) is 0 Å². The van der Waals surface area contributed by atoms with Crippen molar-refractivity contribution in [2.24, 2.45) is 0 Å². The predicted molar refractivity (Wildman–Crippen MR) is 35.9 cm³/mol. The van der Waals surface area contributed by atoms with E-state index in [2.05, 4.69) is 5.32 Å². The number of hydrogen-bond acceptors (Lipinski definition) is 1. The van der Waals surface area contributed by atoms with Crippen LogP contribution < -0.4 is 5.32 Å². The first kappa shape index (κ1) is 12.4. The summed E-state index contributed by atoms with van der Waals surface area (Å²) in [5.74, 6) is 0. The summed E-state index contributed by atoms with van der Waals surface area (Å²) in [6.07, 6.45) is -4.10. The van der Waals surface area contributed by atoms with Crippen molar-refractivity contribution in [1.82, 2.24) is 5.32 Å². The lowest BCUT2D eigenvalue weighted by Crippen LogP contribution is -2.36. The quantitative estimate of drug-likeness (QED) is 0.615. The van der Waals surface area contributed by atoms with Gasteiger partial charge in [0.05, 0.1) is 0 Å². The van der Waals surface area contributed by atoms with Crippen molar-refractivity contribution in [3.05, 3.63) is 0 Å². The van der Waals surface area contributed by atoms with Crippen LogP contribution in [0.1, 0.15) is 20.8 Å². The largest absolute Gasteiger partial charge is 0.403 e. The minimum atomic E-state index is -4.10. The van der Waals surface area contributed by atoms with E-state index in [0.29, 0.717) is 0 Å². The van der Waals surface area contributed by atoms with Gasteiger partial charge in [-0.05, 0) is 14.0 Å². The van der Waals surface area contributed by atoms with Gasteiger partial charge in [0.25, 0.3) is 0 Å². The fourth-order valence-corrected chi connectivity index (χ4v) is 0.164. The molecule has 64 valence electrons. The average Bonchev–Trinajstić information content (AvgIpc) is 1.89.